The van der Waals surface area contributed by atoms with Crippen molar-refractivity contribution in [3.05, 3.63) is 56.3 Å². The molecule has 0 aliphatic carbocycles. The van der Waals surface area contributed by atoms with Gasteiger partial charge in [0.15, 0.2) is 0 Å². The van der Waals surface area contributed by atoms with Crippen molar-refractivity contribution in [1.29, 1.82) is 5.26 Å². The van der Waals surface area contributed by atoms with Gasteiger partial charge in [-0.3, -0.25) is 10.1 Å². The highest BCUT2D eigenvalue weighted by Gasteiger charge is 2.13. The maximum absolute atomic E-state index is 10.9. The maximum Gasteiger partial charge on any atom is 0.292 e. The Balaban J connectivity index is 2.24. The third-order valence-electron chi connectivity index (χ3n) is 2.36. The number of rotatable bonds is 4. The van der Waals surface area contributed by atoms with E-state index >= 15 is 0 Å². The molecular weight excluding hydrogens is 250 g/mol. The molecule has 0 fully saturated rings. The van der Waals surface area contributed by atoms with E-state index in [1.165, 1.54) is 18.2 Å². The van der Waals surface area contributed by atoms with Gasteiger partial charge in [-0.05, 0) is 23.6 Å². The zero-order chi connectivity index (χ0) is 13.0. The monoisotopic (exact) mass is 259 g/mol. The standard InChI is InChI=1S/C12H9N3O2S/c13-7-9-3-4-12(15(16)17)11(6-9)14-8-10-2-1-5-18-10/h1-6,14H,8H2. The number of nitro benzene ring substituents is 1. The number of nitriles is 1. The summed E-state index contributed by atoms with van der Waals surface area (Å²) in [5.74, 6) is 0. The lowest BCUT2D eigenvalue weighted by molar-refractivity contribution is -0.384. The second-order valence-electron chi connectivity index (χ2n) is 3.53. The average Bonchev–Trinajstić information content (AvgIpc) is 2.88. The molecule has 0 aliphatic rings. The SMILES string of the molecule is N#Cc1ccc([N+](=O)[O-])c(NCc2cccs2)c1. The Morgan fingerprint density at radius 2 is 2.28 bits per heavy atom. The molecule has 0 saturated heterocycles. The summed E-state index contributed by atoms with van der Waals surface area (Å²) < 4.78 is 0. The molecule has 2 aromatic rings. The minimum Gasteiger partial charge on any atom is -0.375 e. The Bertz CT molecular complexity index is 602. The van der Waals surface area contributed by atoms with Gasteiger partial charge in [0.05, 0.1) is 16.6 Å². The number of hydrogen-bond donors (Lipinski definition) is 1. The van der Waals surface area contributed by atoms with Crippen LogP contribution < -0.4 is 5.32 Å². The second kappa shape index (κ2) is 5.29. The van der Waals surface area contributed by atoms with Crippen molar-refractivity contribution in [2.24, 2.45) is 0 Å². The molecule has 0 amide bonds. The summed E-state index contributed by atoms with van der Waals surface area (Å²) in [5, 5.41) is 24.6. The first-order valence-corrected chi connectivity index (χ1v) is 6.03. The van der Waals surface area contributed by atoms with Crippen LogP contribution in [0.4, 0.5) is 11.4 Å². The molecule has 5 nitrogen and oxygen atoms in total. The number of hydrogen-bond acceptors (Lipinski definition) is 5. The van der Waals surface area contributed by atoms with E-state index < -0.39 is 4.92 Å². The first-order valence-electron chi connectivity index (χ1n) is 5.15. The van der Waals surface area contributed by atoms with Crippen LogP contribution in [0.5, 0.6) is 0 Å². The zero-order valence-electron chi connectivity index (χ0n) is 9.29. The van der Waals surface area contributed by atoms with Crippen LogP contribution in [0.3, 0.4) is 0 Å². The molecule has 90 valence electrons. The van der Waals surface area contributed by atoms with Crippen LogP contribution in [-0.4, -0.2) is 4.92 Å². The molecule has 0 atom stereocenters. The average molecular weight is 259 g/mol. The molecular formula is C12H9N3O2S. The number of nitrogens with zero attached hydrogens (tertiary/aromatic N) is 2. The van der Waals surface area contributed by atoms with Gasteiger partial charge in [-0.2, -0.15) is 5.26 Å². The molecule has 18 heavy (non-hydrogen) atoms. The van der Waals surface area contributed by atoms with Crippen LogP contribution in [0.15, 0.2) is 35.7 Å². The van der Waals surface area contributed by atoms with Crippen molar-refractivity contribution in [2.75, 3.05) is 5.32 Å². The molecule has 0 saturated carbocycles. The van der Waals surface area contributed by atoms with Crippen molar-refractivity contribution in [1.82, 2.24) is 0 Å². The van der Waals surface area contributed by atoms with Crippen LogP contribution in [0.1, 0.15) is 10.4 Å². The van der Waals surface area contributed by atoms with Gasteiger partial charge in [0.25, 0.3) is 5.69 Å². The van der Waals surface area contributed by atoms with Gasteiger partial charge in [0, 0.05) is 17.5 Å². The lowest BCUT2D eigenvalue weighted by atomic mass is 10.2. The molecule has 0 spiro atoms. The van der Waals surface area contributed by atoms with Gasteiger partial charge < -0.3 is 5.32 Å². The molecule has 0 radical (unpaired) electrons. The molecule has 1 heterocycles. The Labute approximate surface area is 107 Å². The minimum absolute atomic E-state index is 0.0226. The molecule has 6 heteroatoms. The van der Waals surface area contributed by atoms with Crippen LogP contribution in [0.2, 0.25) is 0 Å². The van der Waals surface area contributed by atoms with Gasteiger partial charge in [-0.1, -0.05) is 6.07 Å². The molecule has 0 aliphatic heterocycles. The van der Waals surface area contributed by atoms with Crippen molar-refractivity contribution < 1.29 is 4.92 Å². The number of anilines is 1. The highest BCUT2D eigenvalue weighted by molar-refractivity contribution is 7.09. The van der Waals surface area contributed by atoms with E-state index in [1.54, 1.807) is 11.3 Å². The maximum atomic E-state index is 10.9. The van der Waals surface area contributed by atoms with E-state index in [-0.39, 0.29) is 5.69 Å². The molecule has 0 bridgehead atoms. The summed E-state index contributed by atoms with van der Waals surface area (Å²) in [6.45, 7) is 0.507. The topological polar surface area (TPSA) is 79.0 Å². The first-order chi connectivity index (χ1) is 8.70. The van der Waals surface area contributed by atoms with E-state index in [4.69, 9.17) is 5.26 Å². The molecule has 0 unspecified atom stereocenters. The number of thiophene rings is 1. The lowest BCUT2D eigenvalue weighted by Crippen LogP contribution is -2.01. The molecule has 1 N–H and O–H groups in total. The van der Waals surface area contributed by atoms with Gasteiger partial charge in [0.2, 0.25) is 0 Å². The van der Waals surface area contributed by atoms with Crippen molar-refractivity contribution in [2.45, 2.75) is 6.54 Å². The molecule has 1 aromatic carbocycles. The fourth-order valence-electron chi connectivity index (χ4n) is 1.50. The predicted molar refractivity (Wildman–Crippen MR) is 69.5 cm³/mol. The normalized spacial score (nSPS) is 9.72. The fourth-order valence-corrected chi connectivity index (χ4v) is 2.15. The first kappa shape index (κ1) is 12.1. The number of benzene rings is 1. The summed E-state index contributed by atoms with van der Waals surface area (Å²) in [6.07, 6.45) is 0. The Morgan fingerprint density at radius 3 is 2.89 bits per heavy atom. The number of nitro groups is 1. The van der Waals surface area contributed by atoms with E-state index in [2.05, 4.69) is 5.32 Å². The summed E-state index contributed by atoms with van der Waals surface area (Å²) >= 11 is 1.57. The molecule has 1 aromatic heterocycles. The highest BCUT2D eigenvalue weighted by atomic mass is 32.1. The highest BCUT2D eigenvalue weighted by Crippen LogP contribution is 2.26. The van der Waals surface area contributed by atoms with Crippen molar-refractivity contribution in [3.8, 4) is 6.07 Å². The smallest absolute Gasteiger partial charge is 0.292 e. The number of nitrogens with one attached hydrogen (secondary N) is 1. The minimum atomic E-state index is -0.460. The Kier molecular flexibility index (Phi) is 3.55. The van der Waals surface area contributed by atoms with Crippen LogP contribution in [0.25, 0.3) is 0 Å². The summed E-state index contributed by atoms with van der Waals surface area (Å²) in [7, 11) is 0. The summed E-state index contributed by atoms with van der Waals surface area (Å²) in [4.78, 5) is 11.5. The van der Waals surface area contributed by atoms with E-state index in [1.807, 2.05) is 23.6 Å². The lowest BCUT2D eigenvalue weighted by Gasteiger charge is -2.06. The summed E-state index contributed by atoms with van der Waals surface area (Å²) in [6, 6.07) is 10.1. The van der Waals surface area contributed by atoms with E-state index in [9.17, 15) is 10.1 Å². The zero-order valence-corrected chi connectivity index (χ0v) is 10.1. The van der Waals surface area contributed by atoms with Gasteiger partial charge in [-0.15, -0.1) is 11.3 Å². The van der Waals surface area contributed by atoms with Crippen molar-refractivity contribution >= 4 is 22.7 Å². The van der Waals surface area contributed by atoms with E-state index in [0.717, 1.165) is 4.88 Å². The quantitative estimate of drug-likeness (QED) is 0.675. The van der Waals surface area contributed by atoms with E-state index in [0.29, 0.717) is 17.8 Å². The van der Waals surface area contributed by atoms with Crippen molar-refractivity contribution in [3.63, 3.8) is 0 Å². The van der Waals surface area contributed by atoms with Gasteiger partial charge >= 0.3 is 0 Å². The van der Waals surface area contributed by atoms with Crippen LogP contribution >= 0.6 is 11.3 Å². The summed E-state index contributed by atoms with van der Waals surface area (Å²) in [5.41, 5.74) is 0.743. The third kappa shape index (κ3) is 2.64. The fraction of sp³-hybridized carbons (Fsp3) is 0.0833. The Hall–Kier alpha value is -2.39. The van der Waals surface area contributed by atoms with Crippen LogP contribution in [0, 0.1) is 21.4 Å². The third-order valence-corrected chi connectivity index (χ3v) is 3.23. The second-order valence-corrected chi connectivity index (χ2v) is 4.57. The van der Waals surface area contributed by atoms with Gasteiger partial charge in [-0.25, -0.2) is 0 Å². The van der Waals surface area contributed by atoms with Crippen LogP contribution in [-0.2, 0) is 6.54 Å². The molecule has 2 rings (SSSR count). The van der Waals surface area contributed by atoms with Gasteiger partial charge in [0.1, 0.15) is 5.69 Å². The Morgan fingerprint density at radius 1 is 1.44 bits per heavy atom. The predicted octanol–water partition coefficient (Wildman–Crippen LogP) is 3.14. The largest absolute Gasteiger partial charge is 0.375 e.